The fourth-order valence-corrected chi connectivity index (χ4v) is 5.67. The zero-order valence-electron chi connectivity index (χ0n) is 18.8. The van der Waals surface area contributed by atoms with Crippen LogP contribution < -0.4 is 5.32 Å². The minimum Gasteiger partial charge on any atom is -0.366 e. The molecular weight excluding hydrogens is 404 g/mol. The minimum atomic E-state index is -0.434. The van der Waals surface area contributed by atoms with Crippen molar-refractivity contribution < 1.29 is 14.3 Å². The van der Waals surface area contributed by atoms with Gasteiger partial charge < -0.3 is 19.5 Å². The van der Waals surface area contributed by atoms with Crippen LogP contribution in [0.5, 0.6) is 0 Å². The summed E-state index contributed by atoms with van der Waals surface area (Å²) in [5.74, 6) is 0.108. The number of ether oxygens (including phenoxy) is 1. The molecule has 2 aromatic rings. The van der Waals surface area contributed by atoms with Crippen molar-refractivity contribution in [2.45, 2.75) is 69.1 Å². The maximum Gasteiger partial charge on any atom is 0.272 e. The standard InChI is InChI=1S/C25H32N4O3/c1-28-17-26-16-22(28)24(31)29-12-10-25(11-13-29)21-9-5-2-6-18(21)14-20(32-25)15-23(30)27-19-7-3-4-8-19/h2,5-6,9,16-17,19-20H,3-4,7-8,10-15H2,1H3,(H,27,30). The number of nitrogens with zero attached hydrogens (tertiary/aromatic N) is 3. The predicted octanol–water partition coefficient (Wildman–Crippen LogP) is 2.94. The molecule has 1 spiro atoms. The molecule has 7 heteroatoms. The van der Waals surface area contributed by atoms with Crippen molar-refractivity contribution >= 4 is 11.8 Å². The fourth-order valence-electron chi connectivity index (χ4n) is 5.67. The highest BCUT2D eigenvalue weighted by molar-refractivity contribution is 5.92. The van der Waals surface area contributed by atoms with E-state index in [4.69, 9.17) is 4.74 Å². The molecule has 1 saturated heterocycles. The highest BCUT2D eigenvalue weighted by atomic mass is 16.5. The van der Waals surface area contributed by atoms with Gasteiger partial charge in [0, 0.05) is 26.2 Å². The molecule has 2 fully saturated rings. The van der Waals surface area contributed by atoms with E-state index in [1.165, 1.54) is 24.0 Å². The van der Waals surface area contributed by atoms with E-state index in [9.17, 15) is 9.59 Å². The van der Waals surface area contributed by atoms with Gasteiger partial charge in [0.2, 0.25) is 5.91 Å². The van der Waals surface area contributed by atoms with Crippen molar-refractivity contribution in [3.63, 3.8) is 0 Å². The zero-order chi connectivity index (χ0) is 22.1. The number of amides is 2. The first-order chi connectivity index (χ1) is 15.5. The molecule has 1 aromatic heterocycles. The summed E-state index contributed by atoms with van der Waals surface area (Å²) in [5, 5.41) is 3.20. The number of aromatic nitrogens is 2. The summed E-state index contributed by atoms with van der Waals surface area (Å²) in [4.78, 5) is 31.6. The third-order valence-corrected chi connectivity index (χ3v) is 7.38. The van der Waals surface area contributed by atoms with E-state index in [0.29, 0.717) is 31.2 Å². The van der Waals surface area contributed by atoms with E-state index in [-0.39, 0.29) is 17.9 Å². The van der Waals surface area contributed by atoms with Gasteiger partial charge in [-0.3, -0.25) is 9.59 Å². The van der Waals surface area contributed by atoms with Crippen LogP contribution in [0.25, 0.3) is 0 Å². The largest absolute Gasteiger partial charge is 0.366 e. The fraction of sp³-hybridized carbons (Fsp3) is 0.560. The van der Waals surface area contributed by atoms with Gasteiger partial charge in [0.1, 0.15) is 5.69 Å². The van der Waals surface area contributed by atoms with Crippen LogP contribution in [0.2, 0.25) is 0 Å². The Bertz CT molecular complexity index is 987. The summed E-state index contributed by atoms with van der Waals surface area (Å²) in [7, 11) is 1.84. The van der Waals surface area contributed by atoms with Gasteiger partial charge >= 0.3 is 0 Å². The highest BCUT2D eigenvalue weighted by Crippen LogP contribution is 2.44. The molecule has 1 aromatic carbocycles. The molecule has 32 heavy (non-hydrogen) atoms. The van der Waals surface area contributed by atoms with Gasteiger partial charge in [-0.2, -0.15) is 0 Å². The van der Waals surface area contributed by atoms with Crippen molar-refractivity contribution in [2.24, 2.45) is 7.05 Å². The first-order valence-corrected chi connectivity index (χ1v) is 11.9. The third kappa shape index (κ3) is 4.06. The lowest BCUT2D eigenvalue weighted by Gasteiger charge is -2.47. The molecule has 170 valence electrons. The Morgan fingerprint density at radius 3 is 2.66 bits per heavy atom. The SMILES string of the molecule is Cn1cncc1C(=O)N1CCC2(CC1)OC(CC(=O)NC1CCCC1)Cc1ccccc12. The Kier molecular flexibility index (Phi) is 5.76. The normalized spacial score (nSPS) is 22.7. The Hall–Kier alpha value is -2.67. The minimum absolute atomic E-state index is 0.0106. The van der Waals surface area contributed by atoms with Crippen molar-refractivity contribution in [3.8, 4) is 0 Å². The molecule has 2 aliphatic heterocycles. The van der Waals surface area contributed by atoms with Crippen LogP contribution in [0.3, 0.4) is 0 Å². The molecule has 5 rings (SSSR count). The lowest BCUT2D eigenvalue weighted by Crippen LogP contribution is -2.51. The number of hydrogen-bond donors (Lipinski definition) is 1. The maximum atomic E-state index is 12.9. The highest BCUT2D eigenvalue weighted by Gasteiger charge is 2.45. The molecule has 3 heterocycles. The summed E-state index contributed by atoms with van der Waals surface area (Å²) in [6, 6.07) is 8.77. The number of fused-ring (bicyclic) bond motifs is 2. The number of imidazole rings is 1. The third-order valence-electron chi connectivity index (χ3n) is 7.38. The number of piperidine rings is 1. The Balaban J connectivity index is 1.29. The van der Waals surface area contributed by atoms with Gasteiger partial charge in [0.05, 0.1) is 30.7 Å². The lowest BCUT2D eigenvalue weighted by molar-refractivity contribution is -0.148. The van der Waals surface area contributed by atoms with Crippen LogP contribution in [-0.2, 0) is 28.6 Å². The molecule has 0 bridgehead atoms. The van der Waals surface area contributed by atoms with E-state index in [1.807, 2.05) is 11.9 Å². The number of aryl methyl sites for hydroxylation is 1. The summed E-state index contributed by atoms with van der Waals surface area (Å²) in [5.41, 5.74) is 2.66. The van der Waals surface area contributed by atoms with E-state index in [1.54, 1.807) is 17.1 Å². The number of benzene rings is 1. The van der Waals surface area contributed by atoms with Crippen LogP contribution in [0.15, 0.2) is 36.8 Å². The van der Waals surface area contributed by atoms with Crippen molar-refractivity contribution in [3.05, 3.63) is 53.6 Å². The van der Waals surface area contributed by atoms with E-state index >= 15 is 0 Å². The Morgan fingerprint density at radius 2 is 1.94 bits per heavy atom. The summed E-state index contributed by atoms with van der Waals surface area (Å²) >= 11 is 0. The van der Waals surface area contributed by atoms with Gasteiger partial charge in [-0.05, 0) is 43.2 Å². The Labute approximate surface area is 189 Å². The molecule has 1 N–H and O–H groups in total. The second-order valence-electron chi connectivity index (χ2n) is 9.53. The predicted molar refractivity (Wildman–Crippen MR) is 120 cm³/mol. The second-order valence-corrected chi connectivity index (χ2v) is 9.53. The quantitative estimate of drug-likeness (QED) is 0.800. The van der Waals surface area contributed by atoms with E-state index in [2.05, 4.69) is 34.6 Å². The first-order valence-electron chi connectivity index (χ1n) is 11.9. The summed E-state index contributed by atoms with van der Waals surface area (Å²) < 4.78 is 8.46. The molecule has 1 saturated carbocycles. The molecule has 2 amide bonds. The number of carbonyl (C=O) groups excluding carboxylic acids is 2. The van der Waals surface area contributed by atoms with Crippen molar-refractivity contribution in [1.29, 1.82) is 0 Å². The smallest absolute Gasteiger partial charge is 0.272 e. The van der Waals surface area contributed by atoms with Crippen LogP contribution in [0, 0.1) is 0 Å². The van der Waals surface area contributed by atoms with Crippen LogP contribution >= 0.6 is 0 Å². The first kappa shape index (κ1) is 21.2. The number of likely N-dealkylation sites (tertiary alicyclic amines) is 1. The molecule has 3 aliphatic rings. The molecule has 0 radical (unpaired) electrons. The van der Waals surface area contributed by atoms with Gasteiger partial charge in [0.25, 0.3) is 5.91 Å². The summed E-state index contributed by atoms with van der Waals surface area (Å²) in [6.45, 7) is 1.25. The molecule has 7 nitrogen and oxygen atoms in total. The monoisotopic (exact) mass is 436 g/mol. The van der Waals surface area contributed by atoms with E-state index < -0.39 is 5.60 Å². The van der Waals surface area contributed by atoms with E-state index in [0.717, 1.165) is 32.1 Å². The summed E-state index contributed by atoms with van der Waals surface area (Å²) in [6.07, 6.45) is 10.3. The topological polar surface area (TPSA) is 76.5 Å². The van der Waals surface area contributed by atoms with Crippen LogP contribution in [0.1, 0.15) is 66.6 Å². The van der Waals surface area contributed by atoms with Crippen LogP contribution in [-0.4, -0.2) is 51.5 Å². The average molecular weight is 437 g/mol. The van der Waals surface area contributed by atoms with Gasteiger partial charge in [-0.1, -0.05) is 37.1 Å². The van der Waals surface area contributed by atoms with Gasteiger partial charge in [0.15, 0.2) is 0 Å². The number of rotatable bonds is 4. The van der Waals surface area contributed by atoms with Gasteiger partial charge in [-0.15, -0.1) is 0 Å². The lowest BCUT2D eigenvalue weighted by atomic mass is 9.77. The Morgan fingerprint density at radius 1 is 1.19 bits per heavy atom. The molecule has 1 aliphatic carbocycles. The molecular formula is C25H32N4O3. The average Bonchev–Trinajstić information content (AvgIpc) is 3.45. The number of nitrogens with one attached hydrogen (secondary N) is 1. The maximum absolute atomic E-state index is 12.9. The van der Waals surface area contributed by atoms with Crippen LogP contribution in [0.4, 0.5) is 0 Å². The zero-order valence-corrected chi connectivity index (χ0v) is 18.8. The molecule has 1 atom stereocenters. The number of carbonyl (C=O) groups is 2. The number of hydrogen-bond acceptors (Lipinski definition) is 4. The molecule has 1 unspecified atom stereocenters. The van der Waals surface area contributed by atoms with Crippen molar-refractivity contribution in [1.82, 2.24) is 19.8 Å². The van der Waals surface area contributed by atoms with Crippen molar-refractivity contribution in [2.75, 3.05) is 13.1 Å². The van der Waals surface area contributed by atoms with Gasteiger partial charge in [-0.25, -0.2) is 4.98 Å². The second kappa shape index (κ2) is 8.70.